The number of rotatable bonds is 3. The minimum Gasteiger partial charge on any atom is -0.340 e. The SMILES string of the molecule is Clc1cccc(Nc2nc(-c3ccc(Br)cc3)nc3ccccc23)c1. The molecule has 0 bridgehead atoms. The van der Waals surface area contributed by atoms with Crippen LogP contribution in [0.3, 0.4) is 0 Å². The third kappa shape index (κ3) is 3.50. The summed E-state index contributed by atoms with van der Waals surface area (Å²) < 4.78 is 1.02. The summed E-state index contributed by atoms with van der Waals surface area (Å²) in [4.78, 5) is 9.45. The maximum Gasteiger partial charge on any atom is 0.162 e. The smallest absolute Gasteiger partial charge is 0.162 e. The van der Waals surface area contributed by atoms with E-state index in [1.807, 2.05) is 72.8 Å². The largest absolute Gasteiger partial charge is 0.340 e. The number of para-hydroxylation sites is 1. The van der Waals surface area contributed by atoms with E-state index in [4.69, 9.17) is 21.6 Å². The molecule has 1 heterocycles. The fraction of sp³-hybridized carbons (Fsp3) is 0. The highest BCUT2D eigenvalue weighted by atomic mass is 79.9. The third-order valence-electron chi connectivity index (χ3n) is 3.79. The van der Waals surface area contributed by atoms with Gasteiger partial charge in [-0.05, 0) is 42.5 Å². The Labute approximate surface area is 158 Å². The summed E-state index contributed by atoms with van der Waals surface area (Å²) in [5.41, 5.74) is 2.74. The molecule has 1 aromatic heterocycles. The molecule has 25 heavy (non-hydrogen) atoms. The van der Waals surface area contributed by atoms with Gasteiger partial charge >= 0.3 is 0 Å². The van der Waals surface area contributed by atoms with E-state index in [2.05, 4.69) is 21.2 Å². The van der Waals surface area contributed by atoms with Gasteiger partial charge in [-0.25, -0.2) is 9.97 Å². The van der Waals surface area contributed by atoms with Crippen LogP contribution < -0.4 is 5.32 Å². The first kappa shape index (κ1) is 16.1. The molecule has 4 aromatic rings. The second-order valence-corrected chi connectivity index (χ2v) is 6.91. The number of hydrogen-bond acceptors (Lipinski definition) is 3. The third-order valence-corrected chi connectivity index (χ3v) is 4.56. The molecule has 1 N–H and O–H groups in total. The summed E-state index contributed by atoms with van der Waals surface area (Å²) in [6.07, 6.45) is 0. The molecule has 4 rings (SSSR count). The van der Waals surface area contributed by atoms with Crippen LogP contribution >= 0.6 is 27.5 Å². The summed E-state index contributed by atoms with van der Waals surface area (Å²) in [6, 6.07) is 23.5. The van der Waals surface area contributed by atoms with Crippen LogP contribution in [0.2, 0.25) is 5.02 Å². The van der Waals surface area contributed by atoms with Gasteiger partial charge in [-0.1, -0.05) is 57.9 Å². The molecule has 0 saturated carbocycles. The van der Waals surface area contributed by atoms with E-state index in [9.17, 15) is 0 Å². The van der Waals surface area contributed by atoms with Gasteiger partial charge in [0.25, 0.3) is 0 Å². The van der Waals surface area contributed by atoms with E-state index < -0.39 is 0 Å². The van der Waals surface area contributed by atoms with Crippen molar-refractivity contribution < 1.29 is 0 Å². The average molecular weight is 411 g/mol. The van der Waals surface area contributed by atoms with Crippen molar-refractivity contribution in [3.05, 3.63) is 82.3 Å². The van der Waals surface area contributed by atoms with Gasteiger partial charge in [0, 0.05) is 26.1 Å². The number of fused-ring (bicyclic) bond motifs is 1. The molecule has 3 aromatic carbocycles. The molecule has 122 valence electrons. The van der Waals surface area contributed by atoms with Crippen LogP contribution in [0.5, 0.6) is 0 Å². The Morgan fingerprint density at radius 1 is 0.840 bits per heavy atom. The zero-order valence-electron chi connectivity index (χ0n) is 13.1. The maximum absolute atomic E-state index is 6.09. The molecular weight excluding hydrogens is 398 g/mol. The van der Waals surface area contributed by atoms with Gasteiger partial charge in [-0.3, -0.25) is 0 Å². The molecule has 0 aliphatic heterocycles. The lowest BCUT2D eigenvalue weighted by atomic mass is 10.2. The van der Waals surface area contributed by atoms with E-state index >= 15 is 0 Å². The molecule has 0 fully saturated rings. The Hall–Kier alpha value is -2.43. The minimum atomic E-state index is 0.677. The van der Waals surface area contributed by atoms with Gasteiger partial charge in [0.2, 0.25) is 0 Å². The van der Waals surface area contributed by atoms with Crippen LogP contribution in [-0.2, 0) is 0 Å². The molecule has 0 aliphatic rings. The molecule has 3 nitrogen and oxygen atoms in total. The number of hydrogen-bond donors (Lipinski definition) is 1. The Morgan fingerprint density at radius 2 is 1.64 bits per heavy atom. The number of anilines is 2. The van der Waals surface area contributed by atoms with Crippen LogP contribution in [-0.4, -0.2) is 9.97 Å². The number of benzene rings is 3. The molecule has 0 radical (unpaired) electrons. The monoisotopic (exact) mass is 409 g/mol. The summed E-state index contributed by atoms with van der Waals surface area (Å²) >= 11 is 9.55. The van der Waals surface area contributed by atoms with Crippen molar-refractivity contribution in [2.75, 3.05) is 5.32 Å². The van der Waals surface area contributed by atoms with Gasteiger partial charge < -0.3 is 5.32 Å². The second kappa shape index (κ2) is 6.82. The van der Waals surface area contributed by atoms with Crippen molar-refractivity contribution in [1.82, 2.24) is 9.97 Å². The Balaban J connectivity index is 1.85. The van der Waals surface area contributed by atoms with Crippen molar-refractivity contribution in [2.24, 2.45) is 0 Å². The molecular formula is C20H13BrClN3. The summed E-state index contributed by atoms with van der Waals surface area (Å²) in [6.45, 7) is 0. The van der Waals surface area contributed by atoms with E-state index in [-0.39, 0.29) is 0 Å². The zero-order chi connectivity index (χ0) is 17.2. The molecule has 0 spiro atoms. The van der Waals surface area contributed by atoms with Crippen molar-refractivity contribution in [3.8, 4) is 11.4 Å². The average Bonchev–Trinajstić information content (AvgIpc) is 2.62. The van der Waals surface area contributed by atoms with E-state index in [1.165, 1.54) is 0 Å². The highest BCUT2D eigenvalue weighted by Gasteiger charge is 2.10. The molecule has 0 saturated heterocycles. The lowest BCUT2D eigenvalue weighted by molar-refractivity contribution is 1.22. The fourth-order valence-corrected chi connectivity index (χ4v) is 3.06. The first-order valence-electron chi connectivity index (χ1n) is 7.74. The van der Waals surface area contributed by atoms with Gasteiger partial charge in [0.05, 0.1) is 5.52 Å². The van der Waals surface area contributed by atoms with Crippen LogP contribution in [0.15, 0.2) is 77.3 Å². The van der Waals surface area contributed by atoms with Crippen LogP contribution in [0.1, 0.15) is 0 Å². The Kier molecular flexibility index (Phi) is 4.38. The summed E-state index contributed by atoms with van der Waals surface area (Å²) in [5, 5.41) is 5.00. The van der Waals surface area contributed by atoms with Crippen molar-refractivity contribution >= 4 is 49.9 Å². The normalized spacial score (nSPS) is 10.8. The fourth-order valence-electron chi connectivity index (χ4n) is 2.60. The van der Waals surface area contributed by atoms with Crippen LogP contribution in [0.4, 0.5) is 11.5 Å². The van der Waals surface area contributed by atoms with Gasteiger partial charge in [-0.15, -0.1) is 0 Å². The highest BCUT2D eigenvalue weighted by molar-refractivity contribution is 9.10. The molecule has 0 atom stereocenters. The molecule has 5 heteroatoms. The van der Waals surface area contributed by atoms with Gasteiger partial charge in [0.15, 0.2) is 5.82 Å². The maximum atomic E-state index is 6.09. The summed E-state index contributed by atoms with van der Waals surface area (Å²) in [7, 11) is 0. The second-order valence-electron chi connectivity index (χ2n) is 5.56. The lowest BCUT2D eigenvalue weighted by Crippen LogP contribution is -1.99. The predicted molar refractivity (Wildman–Crippen MR) is 107 cm³/mol. The molecule has 0 unspecified atom stereocenters. The van der Waals surface area contributed by atoms with Crippen molar-refractivity contribution in [2.45, 2.75) is 0 Å². The number of aromatic nitrogens is 2. The standard InChI is InChI=1S/C20H13BrClN3/c21-14-10-8-13(9-11-14)19-24-18-7-2-1-6-17(18)20(25-19)23-16-5-3-4-15(22)12-16/h1-12H,(H,23,24,25). The zero-order valence-corrected chi connectivity index (χ0v) is 15.4. The minimum absolute atomic E-state index is 0.677. The van der Waals surface area contributed by atoms with Crippen LogP contribution in [0, 0.1) is 0 Å². The van der Waals surface area contributed by atoms with Crippen molar-refractivity contribution in [3.63, 3.8) is 0 Å². The number of nitrogens with one attached hydrogen (secondary N) is 1. The lowest BCUT2D eigenvalue weighted by Gasteiger charge is -2.11. The first-order chi connectivity index (χ1) is 12.2. The van der Waals surface area contributed by atoms with Gasteiger partial charge in [0.1, 0.15) is 5.82 Å². The van der Waals surface area contributed by atoms with Crippen molar-refractivity contribution in [1.29, 1.82) is 0 Å². The number of halogens is 2. The van der Waals surface area contributed by atoms with E-state index in [0.717, 1.165) is 32.4 Å². The first-order valence-corrected chi connectivity index (χ1v) is 8.91. The quantitative estimate of drug-likeness (QED) is 0.421. The summed E-state index contributed by atoms with van der Waals surface area (Å²) in [5.74, 6) is 1.43. The predicted octanol–water partition coefficient (Wildman–Crippen LogP) is 6.46. The van der Waals surface area contributed by atoms with Crippen LogP contribution in [0.25, 0.3) is 22.3 Å². The number of nitrogens with zero attached hydrogens (tertiary/aromatic N) is 2. The Morgan fingerprint density at radius 3 is 2.44 bits per heavy atom. The highest BCUT2D eigenvalue weighted by Crippen LogP contribution is 2.28. The van der Waals surface area contributed by atoms with E-state index in [1.54, 1.807) is 0 Å². The van der Waals surface area contributed by atoms with Gasteiger partial charge in [-0.2, -0.15) is 0 Å². The Bertz CT molecular complexity index is 1050. The topological polar surface area (TPSA) is 37.8 Å². The van der Waals surface area contributed by atoms with E-state index in [0.29, 0.717) is 10.8 Å². The molecule has 0 aliphatic carbocycles. The molecule has 0 amide bonds.